The first kappa shape index (κ1) is 14.9. The number of carbonyl (C=O) groups excluding carboxylic acids is 1. The van der Waals surface area contributed by atoms with Gasteiger partial charge < -0.3 is 15.5 Å². The van der Waals surface area contributed by atoms with Crippen LogP contribution in [0.1, 0.15) is 15.9 Å². The minimum Gasteiger partial charge on any atom is -0.507 e. The van der Waals surface area contributed by atoms with Gasteiger partial charge in [0.2, 0.25) is 0 Å². The zero-order chi connectivity index (χ0) is 15.2. The monoisotopic (exact) mass is 301 g/mol. The highest BCUT2D eigenvalue weighted by atomic mass is 35.5. The number of hydrogen-bond donors (Lipinski definition) is 3. The van der Waals surface area contributed by atoms with Crippen molar-refractivity contribution in [2.24, 2.45) is 0 Å². The molecule has 0 atom stereocenters. The number of anilines is 1. The largest absolute Gasteiger partial charge is 0.507 e. The van der Waals surface area contributed by atoms with Gasteiger partial charge in [-0.1, -0.05) is 23.4 Å². The molecule has 0 aromatic heterocycles. The van der Waals surface area contributed by atoms with Crippen molar-refractivity contribution in [2.75, 3.05) is 11.9 Å². The molecule has 106 valence electrons. The second-order valence-corrected chi connectivity index (χ2v) is 4.59. The first-order valence-corrected chi connectivity index (χ1v) is 6.47. The summed E-state index contributed by atoms with van der Waals surface area (Å²) in [6, 6.07) is 11.1. The van der Waals surface area contributed by atoms with Gasteiger partial charge >= 0.3 is 0 Å². The van der Waals surface area contributed by atoms with Crippen molar-refractivity contribution in [2.45, 2.75) is 0 Å². The van der Waals surface area contributed by atoms with E-state index in [1.165, 1.54) is 18.2 Å². The van der Waals surface area contributed by atoms with Crippen LogP contribution in [-0.4, -0.2) is 22.7 Å². The van der Waals surface area contributed by atoms with Gasteiger partial charge in [-0.05, 0) is 42.5 Å². The van der Waals surface area contributed by atoms with E-state index in [2.05, 4.69) is 17.2 Å². The molecule has 0 saturated carbocycles. The number of benzene rings is 2. The summed E-state index contributed by atoms with van der Waals surface area (Å²) in [4.78, 5) is 12.1. The van der Waals surface area contributed by atoms with Gasteiger partial charge in [0.25, 0.3) is 5.91 Å². The second-order valence-electron chi connectivity index (χ2n) is 4.15. The lowest BCUT2D eigenvalue weighted by atomic mass is 10.1. The molecule has 0 saturated heterocycles. The van der Waals surface area contributed by atoms with E-state index in [0.29, 0.717) is 10.7 Å². The second kappa shape index (κ2) is 6.80. The van der Waals surface area contributed by atoms with Crippen LogP contribution >= 0.6 is 11.6 Å². The highest BCUT2D eigenvalue weighted by Gasteiger charge is 2.11. The highest BCUT2D eigenvalue weighted by Crippen LogP contribution is 2.22. The van der Waals surface area contributed by atoms with E-state index in [-0.39, 0.29) is 17.9 Å². The molecule has 21 heavy (non-hydrogen) atoms. The minimum absolute atomic E-state index is 0.103. The van der Waals surface area contributed by atoms with E-state index in [0.717, 1.165) is 5.56 Å². The summed E-state index contributed by atoms with van der Waals surface area (Å²) in [5.41, 5.74) is 1.40. The molecule has 0 unspecified atom stereocenters. The van der Waals surface area contributed by atoms with Crippen LogP contribution in [0.5, 0.6) is 5.75 Å². The number of rotatable bonds is 2. The van der Waals surface area contributed by atoms with Crippen molar-refractivity contribution >= 4 is 23.2 Å². The maximum Gasteiger partial charge on any atom is 0.259 e. The van der Waals surface area contributed by atoms with Crippen molar-refractivity contribution in [1.29, 1.82) is 0 Å². The summed E-state index contributed by atoms with van der Waals surface area (Å²) in [5.74, 6) is 4.70. The third kappa shape index (κ3) is 3.99. The number of phenols is 1. The predicted octanol–water partition coefficient (Wildman–Crippen LogP) is 2.64. The lowest BCUT2D eigenvalue weighted by Gasteiger charge is -2.07. The van der Waals surface area contributed by atoms with Gasteiger partial charge in [0.1, 0.15) is 12.4 Å². The first-order chi connectivity index (χ1) is 10.1. The van der Waals surface area contributed by atoms with E-state index in [1.54, 1.807) is 24.3 Å². The third-order valence-electron chi connectivity index (χ3n) is 2.66. The van der Waals surface area contributed by atoms with Crippen LogP contribution in [0.15, 0.2) is 42.5 Å². The Hall–Kier alpha value is -2.48. The summed E-state index contributed by atoms with van der Waals surface area (Å²) in [7, 11) is 0. The van der Waals surface area contributed by atoms with E-state index in [9.17, 15) is 9.90 Å². The van der Waals surface area contributed by atoms with Crippen molar-refractivity contribution in [3.05, 3.63) is 58.6 Å². The Bertz CT molecular complexity index is 715. The summed E-state index contributed by atoms with van der Waals surface area (Å²) < 4.78 is 0. The number of aromatic hydroxyl groups is 1. The van der Waals surface area contributed by atoms with Gasteiger partial charge in [0.15, 0.2) is 0 Å². The normalized spacial score (nSPS) is 9.62. The van der Waals surface area contributed by atoms with Crippen LogP contribution in [0.25, 0.3) is 0 Å². The summed E-state index contributed by atoms with van der Waals surface area (Å²) in [6.07, 6.45) is 0. The quantitative estimate of drug-likeness (QED) is 0.747. The van der Waals surface area contributed by atoms with Crippen LogP contribution in [0.3, 0.4) is 0 Å². The molecule has 2 rings (SSSR count). The number of carbonyl (C=O) groups is 1. The van der Waals surface area contributed by atoms with E-state index < -0.39 is 5.91 Å². The van der Waals surface area contributed by atoms with Crippen molar-refractivity contribution in [3.8, 4) is 17.6 Å². The molecule has 0 fully saturated rings. The zero-order valence-corrected chi connectivity index (χ0v) is 11.7. The van der Waals surface area contributed by atoms with Crippen LogP contribution in [0.2, 0.25) is 5.02 Å². The highest BCUT2D eigenvalue weighted by molar-refractivity contribution is 6.31. The predicted molar refractivity (Wildman–Crippen MR) is 81.5 cm³/mol. The molecule has 1 amide bonds. The number of nitrogens with one attached hydrogen (secondary N) is 1. The molecule has 0 aliphatic carbocycles. The van der Waals surface area contributed by atoms with Gasteiger partial charge in [-0.3, -0.25) is 4.79 Å². The van der Waals surface area contributed by atoms with Crippen LogP contribution in [-0.2, 0) is 0 Å². The lowest BCUT2D eigenvalue weighted by molar-refractivity contribution is 0.102. The molecule has 0 spiro atoms. The number of amides is 1. The Morgan fingerprint density at radius 1 is 1.19 bits per heavy atom. The molecular weight excluding hydrogens is 290 g/mol. The van der Waals surface area contributed by atoms with Gasteiger partial charge in [0, 0.05) is 16.3 Å². The maximum absolute atomic E-state index is 12.1. The number of hydrogen-bond acceptors (Lipinski definition) is 3. The van der Waals surface area contributed by atoms with Gasteiger partial charge in [-0.2, -0.15) is 0 Å². The molecule has 3 N–H and O–H groups in total. The lowest BCUT2D eigenvalue weighted by Crippen LogP contribution is -2.12. The molecular formula is C16H12ClNO3. The average Bonchev–Trinajstić information content (AvgIpc) is 2.49. The molecule has 0 aliphatic rings. The fourth-order valence-electron chi connectivity index (χ4n) is 1.67. The fraction of sp³-hybridized carbons (Fsp3) is 0.0625. The van der Waals surface area contributed by atoms with E-state index in [1.807, 2.05) is 0 Å². The minimum atomic E-state index is -0.454. The molecule has 2 aromatic carbocycles. The van der Waals surface area contributed by atoms with Crippen molar-refractivity contribution in [1.82, 2.24) is 0 Å². The maximum atomic E-state index is 12.1. The van der Waals surface area contributed by atoms with Gasteiger partial charge in [0.05, 0.1) is 5.56 Å². The summed E-state index contributed by atoms with van der Waals surface area (Å²) >= 11 is 5.81. The van der Waals surface area contributed by atoms with Crippen LogP contribution < -0.4 is 5.32 Å². The number of aliphatic hydroxyl groups excluding tert-OH is 1. The standard InChI is InChI=1S/C16H12ClNO3/c17-12-5-8-15(20)14(10-12)16(21)18-13-6-3-11(4-7-13)2-1-9-19/h3-8,10,19-20H,9H2,(H,18,21). The van der Waals surface area contributed by atoms with Gasteiger partial charge in [-0.15, -0.1) is 0 Å². The molecule has 0 bridgehead atoms. The number of halogens is 1. The number of phenolic OH excluding ortho intramolecular Hbond substituents is 1. The SMILES string of the molecule is O=C(Nc1ccc(C#CCO)cc1)c1cc(Cl)ccc1O. The average molecular weight is 302 g/mol. The molecule has 5 heteroatoms. The summed E-state index contributed by atoms with van der Waals surface area (Å²) in [5, 5.41) is 21.3. The Labute approximate surface area is 127 Å². The Kier molecular flexibility index (Phi) is 4.83. The first-order valence-electron chi connectivity index (χ1n) is 6.10. The third-order valence-corrected chi connectivity index (χ3v) is 2.89. The molecule has 2 aromatic rings. The smallest absolute Gasteiger partial charge is 0.259 e. The number of aliphatic hydroxyl groups is 1. The van der Waals surface area contributed by atoms with Crippen LogP contribution in [0.4, 0.5) is 5.69 Å². The zero-order valence-electron chi connectivity index (χ0n) is 10.9. The molecule has 0 radical (unpaired) electrons. The van der Waals surface area contributed by atoms with E-state index >= 15 is 0 Å². The Balaban J connectivity index is 2.14. The van der Waals surface area contributed by atoms with Gasteiger partial charge in [-0.25, -0.2) is 0 Å². The van der Waals surface area contributed by atoms with Crippen LogP contribution in [0, 0.1) is 11.8 Å². The Morgan fingerprint density at radius 2 is 1.90 bits per heavy atom. The van der Waals surface area contributed by atoms with Crippen molar-refractivity contribution < 1.29 is 15.0 Å². The molecule has 0 heterocycles. The molecule has 4 nitrogen and oxygen atoms in total. The topological polar surface area (TPSA) is 69.6 Å². The molecule has 0 aliphatic heterocycles. The van der Waals surface area contributed by atoms with E-state index in [4.69, 9.17) is 16.7 Å². The van der Waals surface area contributed by atoms with Crippen molar-refractivity contribution in [3.63, 3.8) is 0 Å². The fourth-order valence-corrected chi connectivity index (χ4v) is 1.84. The summed E-state index contributed by atoms with van der Waals surface area (Å²) in [6.45, 7) is -0.202. The Morgan fingerprint density at radius 3 is 2.57 bits per heavy atom.